The Morgan fingerprint density at radius 2 is 2.17 bits per heavy atom. The molecule has 1 amide bonds. The Morgan fingerprint density at radius 3 is 2.97 bits per heavy atom. The second-order valence-corrected chi connectivity index (χ2v) is 8.29. The molecule has 0 spiro atoms. The lowest BCUT2D eigenvalue weighted by molar-refractivity contribution is -0.122. The summed E-state index contributed by atoms with van der Waals surface area (Å²) in [5.74, 6) is 0.590. The maximum absolute atomic E-state index is 13.1. The van der Waals surface area contributed by atoms with Crippen LogP contribution in [0.3, 0.4) is 0 Å². The Morgan fingerprint density at radius 1 is 1.31 bits per heavy atom. The third-order valence-electron chi connectivity index (χ3n) is 5.34. The SMILES string of the molecule is O=C(C[C@H]1CSc2nc3c(cnn3-c3ccccc3)c(=O)n21)NC[C@H]1CCCO1. The number of hydrogen-bond acceptors (Lipinski definition) is 6. The standard InChI is InChI=1S/C20H21N5O3S/c26-17(21-10-15-7-4-8-28-15)9-14-12-29-20-23-18-16(19(27)24(14)20)11-22-25(18)13-5-2-1-3-6-13/h1-3,5-6,11,14-15H,4,7-10,12H2,(H,21,26)/t14-,15+/m0/s1. The van der Waals surface area contributed by atoms with Crippen molar-refractivity contribution in [3.05, 3.63) is 46.9 Å². The number of carbonyl (C=O) groups excluding carboxylic acids is 1. The molecule has 29 heavy (non-hydrogen) atoms. The molecule has 1 N–H and O–H groups in total. The Balaban J connectivity index is 1.39. The lowest BCUT2D eigenvalue weighted by Gasteiger charge is -2.15. The van der Waals surface area contributed by atoms with E-state index >= 15 is 0 Å². The summed E-state index contributed by atoms with van der Waals surface area (Å²) in [6.45, 7) is 1.29. The number of benzene rings is 1. The zero-order valence-corrected chi connectivity index (χ0v) is 16.6. The van der Waals surface area contributed by atoms with Crippen LogP contribution in [0.4, 0.5) is 0 Å². The van der Waals surface area contributed by atoms with Crippen LogP contribution in [0.2, 0.25) is 0 Å². The number of para-hydroxylation sites is 1. The van der Waals surface area contributed by atoms with Crippen LogP contribution in [0, 0.1) is 0 Å². The summed E-state index contributed by atoms with van der Waals surface area (Å²) in [6.07, 6.45) is 3.95. The van der Waals surface area contributed by atoms with E-state index in [4.69, 9.17) is 9.72 Å². The van der Waals surface area contributed by atoms with Crippen LogP contribution in [0.1, 0.15) is 25.3 Å². The van der Waals surface area contributed by atoms with Gasteiger partial charge in [-0.2, -0.15) is 5.10 Å². The molecule has 1 saturated heterocycles. The zero-order chi connectivity index (χ0) is 19.8. The fraction of sp³-hybridized carbons (Fsp3) is 0.400. The van der Waals surface area contributed by atoms with Crippen LogP contribution < -0.4 is 10.9 Å². The van der Waals surface area contributed by atoms with E-state index in [1.54, 1.807) is 15.4 Å². The molecule has 9 heteroatoms. The number of nitrogens with one attached hydrogen (secondary N) is 1. The fourth-order valence-corrected chi connectivity index (χ4v) is 4.99. The van der Waals surface area contributed by atoms with Gasteiger partial charge in [0.2, 0.25) is 5.91 Å². The van der Waals surface area contributed by atoms with Gasteiger partial charge >= 0.3 is 0 Å². The maximum atomic E-state index is 13.1. The summed E-state index contributed by atoms with van der Waals surface area (Å²) >= 11 is 1.50. The van der Waals surface area contributed by atoms with Crippen LogP contribution in [-0.2, 0) is 9.53 Å². The van der Waals surface area contributed by atoms with Gasteiger partial charge in [-0.1, -0.05) is 30.0 Å². The van der Waals surface area contributed by atoms with E-state index in [0.29, 0.717) is 28.5 Å². The molecular weight excluding hydrogens is 390 g/mol. The highest BCUT2D eigenvalue weighted by Gasteiger charge is 2.30. The van der Waals surface area contributed by atoms with E-state index in [1.807, 2.05) is 30.3 Å². The molecule has 5 rings (SSSR count). The molecule has 1 aromatic carbocycles. The number of hydrogen-bond donors (Lipinski definition) is 1. The molecule has 8 nitrogen and oxygen atoms in total. The minimum Gasteiger partial charge on any atom is -0.376 e. The number of nitrogens with zero attached hydrogens (tertiary/aromatic N) is 4. The molecule has 0 unspecified atom stereocenters. The zero-order valence-electron chi connectivity index (χ0n) is 15.8. The molecular formula is C20H21N5O3S. The lowest BCUT2D eigenvalue weighted by atomic mass is 10.2. The molecule has 1 fully saturated rings. The second kappa shape index (κ2) is 7.64. The van der Waals surface area contributed by atoms with Gasteiger partial charge in [-0.3, -0.25) is 14.2 Å². The molecule has 0 aliphatic carbocycles. The first-order valence-corrected chi connectivity index (χ1v) is 10.8. The van der Waals surface area contributed by atoms with E-state index in [9.17, 15) is 9.59 Å². The Hall–Kier alpha value is -2.65. The average Bonchev–Trinajstić information content (AvgIpc) is 3.48. The lowest BCUT2D eigenvalue weighted by Crippen LogP contribution is -2.34. The van der Waals surface area contributed by atoms with Gasteiger partial charge in [-0.25, -0.2) is 9.67 Å². The molecule has 2 atom stereocenters. The van der Waals surface area contributed by atoms with E-state index in [0.717, 1.165) is 25.1 Å². The Labute approximate surface area is 171 Å². The normalized spacial score (nSPS) is 20.8. The van der Waals surface area contributed by atoms with Crippen LogP contribution in [0.15, 0.2) is 46.5 Å². The van der Waals surface area contributed by atoms with Crippen molar-refractivity contribution in [2.45, 2.75) is 36.6 Å². The molecule has 2 aliphatic rings. The molecule has 2 aliphatic heterocycles. The Bertz CT molecular complexity index is 1100. The van der Waals surface area contributed by atoms with Gasteiger partial charge in [-0.05, 0) is 25.0 Å². The third kappa shape index (κ3) is 3.44. The van der Waals surface area contributed by atoms with Gasteiger partial charge in [0.1, 0.15) is 5.39 Å². The van der Waals surface area contributed by atoms with Crippen LogP contribution in [0.25, 0.3) is 16.7 Å². The number of amides is 1. The quantitative estimate of drug-likeness (QED) is 0.645. The van der Waals surface area contributed by atoms with Gasteiger partial charge in [0, 0.05) is 25.3 Å². The van der Waals surface area contributed by atoms with Gasteiger partial charge in [0.15, 0.2) is 10.8 Å². The predicted octanol–water partition coefficient (Wildman–Crippen LogP) is 1.91. The van der Waals surface area contributed by atoms with Crippen molar-refractivity contribution in [1.82, 2.24) is 24.6 Å². The number of fused-ring (bicyclic) bond motifs is 2. The van der Waals surface area contributed by atoms with Crippen molar-refractivity contribution in [3.8, 4) is 5.69 Å². The number of rotatable bonds is 5. The average molecular weight is 411 g/mol. The van der Waals surface area contributed by atoms with Gasteiger partial charge in [0.05, 0.1) is 24.0 Å². The van der Waals surface area contributed by atoms with Gasteiger partial charge in [-0.15, -0.1) is 0 Å². The van der Waals surface area contributed by atoms with Gasteiger partial charge < -0.3 is 10.1 Å². The summed E-state index contributed by atoms with van der Waals surface area (Å²) in [5.41, 5.74) is 1.25. The van der Waals surface area contributed by atoms with Gasteiger partial charge in [0.25, 0.3) is 5.56 Å². The maximum Gasteiger partial charge on any atom is 0.265 e. The first-order chi connectivity index (χ1) is 14.2. The van der Waals surface area contributed by atoms with E-state index in [1.165, 1.54) is 11.8 Å². The number of carbonyl (C=O) groups is 1. The second-order valence-electron chi connectivity index (χ2n) is 7.31. The van der Waals surface area contributed by atoms with Crippen molar-refractivity contribution < 1.29 is 9.53 Å². The topological polar surface area (TPSA) is 91.0 Å². The Kier molecular flexibility index (Phi) is 4.84. The fourth-order valence-electron chi connectivity index (χ4n) is 3.86. The largest absolute Gasteiger partial charge is 0.376 e. The van der Waals surface area contributed by atoms with Crippen molar-refractivity contribution in [3.63, 3.8) is 0 Å². The number of aromatic nitrogens is 4. The summed E-state index contributed by atoms with van der Waals surface area (Å²) in [7, 11) is 0. The number of thioether (sulfide) groups is 1. The minimum absolute atomic E-state index is 0.0640. The summed E-state index contributed by atoms with van der Waals surface area (Å²) in [4.78, 5) is 30.2. The van der Waals surface area contributed by atoms with E-state index in [2.05, 4.69) is 10.4 Å². The molecule has 0 saturated carbocycles. The molecule has 3 aromatic rings. The summed E-state index contributed by atoms with van der Waals surface area (Å²) < 4.78 is 8.87. The number of ether oxygens (including phenoxy) is 1. The van der Waals surface area contributed by atoms with Crippen molar-refractivity contribution in [1.29, 1.82) is 0 Å². The molecule has 0 bridgehead atoms. The monoisotopic (exact) mass is 411 g/mol. The first-order valence-electron chi connectivity index (χ1n) is 9.77. The highest BCUT2D eigenvalue weighted by atomic mass is 32.2. The molecule has 4 heterocycles. The summed E-state index contributed by atoms with van der Waals surface area (Å²) in [5, 5.41) is 8.40. The summed E-state index contributed by atoms with van der Waals surface area (Å²) in [6, 6.07) is 9.41. The molecule has 0 radical (unpaired) electrons. The van der Waals surface area contributed by atoms with Crippen LogP contribution in [0.5, 0.6) is 0 Å². The van der Waals surface area contributed by atoms with Crippen molar-refractivity contribution in [2.24, 2.45) is 0 Å². The van der Waals surface area contributed by atoms with Crippen molar-refractivity contribution >= 4 is 28.7 Å². The van der Waals surface area contributed by atoms with E-state index < -0.39 is 0 Å². The van der Waals surface area contributed by atoms with Crippen LogP contribution >= 0.6 is 11.8 Å². The minimum atomic E-state index is -0.205. The molecule has 150 valence electrons. The highest BCUT2D eigenvalue weighted by Crippen LogP contribution is 2.33. The highest BCUT2D eigenvalue weighted by molar-refractivity contribution is 7.99. The van der Waals surface area contributed by atoms with E-state index in [-0.39, 0.29) is 30.0 Å². The molecule has 2 aromatic heterocycles. The van der Waals surface area contributed by atoms with Crippen molar-refractivity contribution in [2.75, 3.05) is 18.9 Å². The smallest absolute Gasteiger partial charge is 0.265 e. The predicted molar refractivity (Wildman–Crippen MR) is 109 cm³/mol. The third-order valence-corrected chi connectivity index (χ3v) is 6.44. The van der Waals surface area contributed by atoms with Crippen LogP contribution in [-0.4, -0.2) is 50.2 Å². The first kappa shape index (κ1) is 18.4.